The first-order valence-electron chi connectivity index (χ1n) is 8.73. The van der Waals surface area contributed by atoms with Gasteiger partial charge < -0.3 is 10.1 Å². The van der Waals surface area contributed by atoms with Gasteiger partial charge in [0.1, 0.15) is 16.6 Å². The lowest BCUT2D eigenvalue weighted by atomic mass is 10.1. The van der Waals surface area contributed by atoms with Crippen LogP contribution in [0.15, 0.2) is 82.9 Å². The number of amides is 1. The summed E-state index contributed by atoms with van der Waals surface area (Å²) in [6.07, 6.45) is 2.39. The highest BCUT2D eigenvalue weighted by atomic mass is 32.2. The van der Waals surface area contributed by atoms with E-state index in [1.54, 1.807) is 32.0 Å². The van der Waals surface area contributed by atoms with Crippen LogP contribution in [0.2, 0.25) is 0 Å². The Hall–Kier alpha value is -3.12. The van der Waals surface area contributed by atoms with Crippen LogP contribution >= 0.6 is 11.8 Å². The topological polar surface area (TPSA) is 64.1 Å². The molecule has 0 atom stereocenters. The Balaban J connectivity index is 1.65. The Morgan fingerprint density at radius 3 is 2.46 bits per heavy atom. The number of anilines is 1. The summed E-state index contributed by atoms with van der Waals surface area (Å²) in [7, 11) is 1.65. The van der Waals surface area contributed by atoms with Gasteiger partial charge in [0.25, 0.3) is 5.91 Å². The average Bonchev–Trinajstić information content (AvgIpc) is 2.70. The third-order valence-corrected chi connectivity index (χ3v) is 4.87. The number of nitrogens with one attached hydrogen (secondary N) is 1. The van der Waals surface area contributed by atoms with E-state index in [0.717, 1.165) is 32.7 Å². The minimum absolute atomic E-state index is 0.181. The van der Waals surface area contributed by atoms with E-state index in [0.29, 0.717) is 12.0 Å². The van der Waals surface area contributed by atoms with Gasteiger partial charge in [-0.15, -0.1) is 0 Å². The number of rotatable bonds is 7. The van der Waals surface area contributed by atoms with Gasteiger partial charge in [-0.2, -0.15) is 0 Å². The van der Waals surface area contributed by atoms with Crippen molar-refractivity contribution in [3.8, 4) is 5.75 Å². The Labute approximate surface area is 168 Å². The Bertz CT molecular complexity index is 970. The number of ether oxygens (including phenoxy) is 1. The van der Waals surface area contributed by atoms with Crippen LogP contribution in [0.25, 0.3) is 0 Å². The largest absolute Gasteiger partial charge is 0.497 e. The molecule has 1 amide bonds. The summed E-state index contributed by atoms with van der Waals surface area (Å²) in [5, 5.41) is 3.68. The molecule has 6 heteroatoms. The average molecular weight is 391 g/mol. The second-order valence-electron chi connectivity index (χ2n) is 6.20. The maximum Gasteiger partial charge on any atom is 0.250 e. The van der Waals surface area contributed by atoms with Crippen molar-refractivity contribution in [1.82, 2.24) is 9.97 Å². The van der Waals surface area contributed by atoms with Crippen molar-refractivity contribution < 1.29 is 9.53 Å². The number of nitrogens with zero attached hydrogens (tertiary/aromatic N) is 2. The number of methoxy groups -OCH3 is 1. The molecule has 1 aromatic heterocycles. The highest BCUT2D eigenvalue weighted by Crippen LogP contribution is 2.27. The van der Waals surface area contributed by atoms with Gasteiger partial charge in [0.05, 0.1) is 7.11 Å². The van der Waals surface area contributed by atoms with Crippen molar-refractivity contribution in [1.29, 1.82) is 0 Å². The molecule has 5 nitrogen and oxygen atoms in total. The van der Waals surface area contributed by atoms with E-state index >= 15 is 0 Å². The van der Waals surface area contributed by atoms with E-state index in [2.05, 4.69) is 21.9 Å². The van der Waals surface area contributed by atoms with Crippen molar-refractivity contribution >= 4 is 23.4 Å². The first kappa shape index (κ1) is 19.6. The van der Waals surface area contributed by atoms with Crippen LogP contribution in [0.5, 0.6) is 5.75 Å². The lowest BCUT2D eigenvalue weighted by Gasteiger charge is -2.07. The zero-order valence-corrected chi connectivity index (χ0v) is 16.6. The molecule has 0 saturated heterocycles. The van der Waals surface area contributed by atoms with Crippen molar-refractivity contribution in [2.45, 2.75) is 23.3 Å². The van der Waals surface area contributed by atoms with E-state index in [-0.39, 0.29) is 5.91 Å². The fourth-order valence-electron chi connectivity index (χ4n) is 2.41. The van der Waals surface area contributed by atoms with Crippen molar-refractivity contribution in [2.75, 3.05) is 12.4 Å². The minimum Gasteiger partial charge on any atom is -0.497 e. The molecule has 0 aliphatic heterocycles. The van der Waals surface area contributed by atoms with Crippen LogP contribution in [-0.2, 0) is 11.2 Å². The number of hydrogen-bond acceptors (Lipinski definition) is 5. The third-order valence-electron chi connectivity index (χ3n) is 3.92. The Morgan fingerprint density at radius 2 is 1.82 bits per heavy atom. The fraction of sp³-hybridized carbons (Fsp3) is 0.136. The molecule has 1 heterocycles. The van der Waals surface area contributed by atoms with Crippen LogP contribution in [0.1, 0.15) is 18.3 Å². The quantitative estimate of drug-likeness (QED) is 0.465. The molecule has 142 valence electrons. The van der Waals surface area contributed by atoms with Gasteiger partial charge >= 0.3 is 0 Å². The van der Waals surface area contributed by atoms with Crippen LogP contribution in [0.3, 0.4) is 0 Å². The van der Waals surface area contributed by atoms with Crippen molar-refractivity contribution in [3.63, 3.8) is 0 Å². The zero-order chi connectivity index (χ0) is 19.9. The maximum atomic E-state index is 11.7. The van der Waals surface area contributed by atoms with E-state index < -0.39 is 0 Å². The molecule has 2 aromatic carbocycles. The van der Waals surface area contributed by atoms with E-state index in [1.807, 2.05) is 54.6 Å². The maximum absolute atomic E-state index is 11.7. The molecule has 3 rings (SSSR count). The molecule has 0 fully saturated rings. The van der Waals surface area contributed by atoms with Crippen molar-refractivity contribution in [3.05, 3.63) is 84.3 Å². The summed E-state index contributed by atoms with van der Waals surface area (Å²) < 4.78 is 5.18. The van der Waals surface area contributed by atoms with E-state index in [1.165, 1.54) is 0 Å². The molecule has 0 aliphatic carbocycles. The predicted octanol–water partition coefficient (Wildman–Crippen LogP) is 4.74. The molecule has 0 radical (unpaired) electrons. The number of carbonyl (C=O) groups is 1. The summed E-state index contributed by atoms with van der Waals surface area (Å²) in [6, 6.07) is 17.4. The Morgan fingerprint density at radius 1 is 1.11 bits per heavy atom. The van der Waals surface area contributed by atoms with Crippen LogP contribution < -0.4 is 10.1 Å². The third kappa shape index (κ3) is 5.44. The number of carbonyl (C=O) groups excluding carboxylic acids is 1. The molecule has 1 N–H and O–H groups in total. The van der Waals surface area contributed by atoms with Gasteiger partial charge in [-0.1, -0.05) is 30.5 Å². The van der Waals surface area contributed by atoms with Gasteiger partial charge in [-0.05, 0) is 55.0 Å². The molecule has 0 bridgehead atoms. The number of benzene rings is 2. The SMILES string of the molecule is C=C(C)C(=O)Nc1ccc(Cc2nccc(Sc3ccc(OC)cc3)n2)cc1. The summed E-state index contributed by atoms with van der Waals surface area (Å²) in [4.78, 5) is 21.8. The number of hydrogen-bond donors (Lipinski definition) is 1. The summed E-state index contributed by atoms with van der Waals surface area (Å²) in [5.74, 6) is 1.40. The highest BCUT2D eigenvalue weighted by Gasteiger charge is 2.06. The summed E-state index contributed by atoms with van der Waals surface area (Å²) in [6.45, 7) is 5.31. The van der Waals surface area contributed by atoms with Crippen LogP contribution in [0.4, 0.5) is 5.69 Å². The zero-order valence-electron chi connectivity index (χ0n) is 15.8. The lowest BCUT2D eigenvalue weighted by Crippen LogP contribution is -2.11. The van der Waals surface area contributed by atoms with E-state index in [9.17, 15) is 4.79 Å². The minimum atomic E-state index is -0.181. The first-order chi connectivity index (χ1) is 13.5. The Kier molecular flexibility index (Phi) is 6.45. The molecule has 3 aromatic rings. The second kappa shape index (κ2) is 9.19. The summed E-state index contributed by atoms with van der Waals surface area (Å²) in [5.41, 5.74) is 2.28. The fourth-order valence-corrected chi connectivity index (χ4v) is 3.21. The first-order valence-corrected chi connectivity index (χ1v) is 9.55. The molecule has 0 saturated carbocycles. The molecular formula is C22H21N3O2S. The molecule has 28 heavy (non-hydrogen) atoms. The molecule has 0 aliphatic rings. The van der Waals surface area contributed by atoms with Gasteiger partial charge in [0.2, 0.25) is 0 Å². The summed E-state index contributed by atoms with van der Waals surface area (Å²) >= 11 is 1.58. The van der Waals surface area contributed by atoms with Crippen molar-refractivity contribution in [2.24, 2.45) is 0 Å². The highest BCUT2D eigenvalue weighted by molar-refractivity contribution is 7.99. The van der Waals surface area contributed by atoms with Gasteiger partial charge in [0.15, 0.2) is 0 Å². The van der Waals surface area contributed by atoms with Gasteiger partial charge in [0, 0.05) is 28.8 Å². The lowest BCUT2D eigenvalue weighted by molar-refractivity contribution is -0.112. The monoisotopic (exact) mass is 391 g/mol. The standard InChI is InChI=1S/C22H21N3O2S/c1-15(2)22(26)24-17-6-4-16(5-7-17)14-20-23-13-12-21(25-20)28-19-10-8-18(27-3)9-11-19/h4-13H,1,14H2,2-3H3,(H,24,26). The molecular weight excluding hydrogens is 370 g/mol. The smallest absolute Gasteiger partial charge is 0.250 e. The molecule has 0 spiro atoms. The van der Waals surface area contributed by atoms with E-state index in [4.69, 9.17) is 4.74 Å². The normalized spacial score (nSPS) is 10.4. The second-order valence-corrected chi connectivity index (χ2v) is 7.29. The van der Waals surface area contributed by atoms with Crippen LogP contribution in [0, 0.1) is 0 Å². The predicted molar refractivity (Wildman–Crippen MR) is 112 cm³/mol. The van der Waals surface area contributed by atoms with Gasteiger partial charge in [-0.3, -0.25) is 4.79 Å². The molecule has 0 unspecified atom stereocenters. The number of aromatic nitrogens is 2. The van der Waals surface area contributed by atoms with Gasteiger partial charge in [-0.25, -0.2) is 9.97 Å². The van der Waals surface area contributed by atoms with Crippen LogP contribution in [-0.4, -0.2) is 23.0 Å².